The lowest BCUT2D eigenvalue weighted by molar-refractivity contribution is 0.340. The highest BCUT2D eigenvalue weighted by atomic mass is 32.2. The van der Waals surface area contributed by atoms with Crippen LogP contribution in [0.4, 0.5) is 0 Å². The van der Waals surface area contributed by atoms with Crippen LogP contribution in [-0.2, 0) is 24.5 Å². The van der Waals surface area contributed by atoms with Crippen LogP contribution in [0.5, 0.6) is 5.75 Å². The highest BCUT2D eigenvalue weighted by Gasteiger charge is 2.21. The summed E-state index contributed by atoms with van der Waals surface area (Å²) in [6.07, 6.45) is 3.20. The maximum atomic E-state index is 12.5. The van der Waals surface area contributed by atoms with Crippen molar-refractivity contribution < 1.29 is 25.3 Å². The predicted molar refractivity (Wildman–Crippen MR) is 137 cm³/mol. The molecule has 0 spiro atoms. The van der Waals surface area contributed by atoms with Gasteiger partial charge in [-0.25, -0.2) is 0 Å². The molecule has 1 aliphatic rings. The van der Waals surface area contributed by atoms with Gasteiger partial charge in [0.25, 0.3) is 0 Å². The van der Waals surface area contributed by atoms with Gasteiger partial charge in [0.15, 0.2) is 0 Å². The molecule has 8 nitrogen and oxygen atoms in total. The van der Waals surface area contributed by atoms with Crippen molar-refractivity contribution in [3.8, 4) is 11.8 Å². The van der Waals surface area contributed by atoms with E-state index < -0.39 is 20.2 Å². The van der Waals surface area contributed by atoms with Crippen molar-refractivity contribution in [2.75, 3.05) is 0 Å². The van der Waals surface area contributed by atoms with E-state index >= 15 is 0 Å². The first kappa shape index (κ1) is 25.2. The van der Waals surface area contributed by atoms with Crippen LogP contribution in [0.3, 0.4) is 0 Å². The molecule has 4 rings (SSSR count). The average molecular weight is 539 g/mol. The number of hydrogen-bond acceptors (Lipinski definition) is 9. The molecule has 0 fully saturated rings. The summed E-state index contributed by atoms with van der Waals surface area (Å²) in [6, 6.07) is 22.1. The van der Waals surface area contributed by atoms with Crippen molar-refractivity contribution in [1.82, 2.24) is 0 Å². The number of aryl methyl sites for hydroxylation is 1. The molecule has 1 heterocycles. The van der Waals surface area contributed by atoms with Crippen molar-refractivity contribution >= 4 is 42.6 Å². The van der Waals surface area contributed by atoms with Crippen LogP contribution in [0.15, 0.2) is 111 Å². The first-order valence-electron chi connectivity index (χ1n) is 10.4. The van der Waals surface area contributed by atoms with Gasteiger partial charge in [-0.05, 0) is 61.0 Å². The molecule has 3 aromatic rings. The number of nitrogens with zero attached hydrogens (tertiary/aromatic N) is 2. The summed E-state index contributed by atoms with van der Waals surface area (Å²) in [5.41, 5.74) is 2.06. The fourth-order valence-electron chi connectivity index (χ4n) is 3.05. The molecule has 0 N–H and O–H groups in total. The molecule has 3 aromatic carbocycles. The van der Waals surface area contributed by atoms with E-state index in [0.717, 1.165) is 35.0 Å². The largest absolute Gasteiger partial charge is 0.379 e. The number of rotatable bonds is 7. The first-order valence-corrected chi connectivity index (χ1v) is 14.0. The summed E-state index contributed by atoms with van der Waals surface area (Å²) in [5, 5.41) is 13.5. The molecule has 0 bridgehead atoms. The number of hydrogen-bond donors (Lipinski definition) is 0. The summed E-state index contributed by atoms with van der Waals surface area (Å²) < 4.78 is 59.8. The van der Waals surface area contributed by atoms with Crippen molar-refractivity contribution in [2.45, 2.75) is 16.7 Å². The van der Waals surface area contributed by atoms with Gasteiger partial charge in [-0.3, -0.25) is 4.28 Å². The number of thioether (sulfide) groups is 1. The first-order chi connectivity index (χ1) is 17.2. The topological polar surface area (TPSA) is 123 Å². The second kappa shape index (κ2) is 10.4. The number of nitriles is 1. The minimum atomic E-state index is -4.28. The summed E-state index contributed by atoms with van der Waals surface area (Å²) in [7, 11) is -8.36. The van der Waals surface area contributed by atoms with E-state index in [1.54, 1.807) is 36.4 Å². The Morgan fingerprint density at radius 3 is 2.08 bits per heavy atom. The Morgan fingerprint density at radius 1 is 0.833 bits per heavy atom. The van der Waals surface area contributed by atoms with Crippen LogP contribution >= 0.6 is 11.8 Å². The summed E-state index contributed by atoms with van der Waals surface area (Å²) in [4.78, 5) is 0.350. The standard InChI is InChI=1S/C25H18N2O6S3/c1-18-7-11-21(12-8-18)35(28,29)32-20-9-13-22(14-10-20)36(30,31)33-27-25-16-15-24(34-25)23(17-26)19-5-3-2-4-6-19/h2-16H,1H3/b24-23-,27-25+. The monoisotopic (exact) mass is 538 g/mol. The van der Waals surface area contributed by atoms with E-state index in [0.29, 0.717) is 10.5 Å². The Labute approximate surface area is 213 Å². The van der Waals surface area contributed by atoms with Crippen LogP contribution in [0.2, 0.25) is 0 Å². The van der Waals surface area contributed by atoms with Gasteiger partial charge in [-0.1, -0.05) is 64.9 Å². The van der Waals surface area contributed by atoms with Crippen LogP contribution in [-0.4, -0.2) is 21.9 Å². The lowest BCUT2D eigenvalue weighted by Crippen LogP contribution is -2.10. The Morgan fingerprint density at radius 2 is 1.44 bits per heavy atom. The maximum Gasteiger partial charge on any atom is 0.358 e. The molecule has 0 saturated carbocycles. The fraction of sp³-hybridized carbons (Fsp3) is 0.0400. The van der Waals surface area contributed by atoms with Gasteiger partial charge in [-0.15, -0.1) is 0 Å². The fourth-order valence-corrected chi connectivity index (χ4v) is 5.60. The smallest absolute Gasteiger partial charge is 0.358 e. The summed E-state index contributed by atoms with van der Waals surface area (Å²) >= 11 is 1.10. The van der Waals surface area contributed by atoms with E-state index in [4.69, 9.17) is 8.47 Å². The van der Waals surface area contributed by atoms with Gasteiger partial charge in [0.1, 0.15) is 26.7 Å². The molecule has 1 aliphatic heterocycles. The van der Waals surface area contributed by atoms with Crippen LogP contribution < -0.4 is 4.18 Å². The molecule has 0 unspecified atom stereocenters. The molecule has 182 valence electrons. The van der Waals surface area contributed by atoms with Crippen LogP contribution in [0, 0.1) is 18.3 Å². The zero-order valence-corrected chi connectivity index (χ0v) is 21.2. The van der Waals surface area contributed by atoms with E-state index in [-0.39, 0.29) is 20.6 Å². The minimum absolute atomic E-state index is 0.0219. The molecule has 0 atom stereocenters. The van der Waals surface area contributed by atoms with E-state index in [1.165, 1.54) is 24.3 Å². The molecular formula is C25H18N2O6S3. The lowest BCUT2D eigenvalue weighted by Gasteiger charge is -2.08. The maximum absolute atomic E-state index is 12.5. The molecule has 0 radical (unpaired) electrons. The zero-order valence-electron chi connectivity index (χ0n) is 18.7. The van der Waals surface area contributed by atoms with Gasteiger partial charge >= 0.3 is 20.2 Å². The van der Waals surface area contributed by atoms with Crippen molar-refractivity contribution in [3.63, 3.8) is 0 Å². The lowest BCUT2D eigenvalue weighted by atomic mass is 10.1. The normalized spacial score (nSPS) is 15.9. The second-order valence-corrected chi connectivity index (χ2v) is 11.6. The van der Waals surface area contributed by atoms with Gasteiger partial charge in [0.2, 0.25) is 0 Å². The SMILES string of the molecule is Cc1ccc(S(=O)(=O)Oc2ccc(S(=O)(=O)O/N=C3C=C/C(=C(\C#N)c4ccccc4)S\3)cc2)cc1. The summed E-state index contributed by atoms with van der Waals surface area (Å²) in [6.45, 7) is 1.83. The Hall–Kier alpha value is -3.85. The zero-order chi connectivity index (χ0) is 25.8. The Kier molecular flexibility index (Phi) is 7.30. The van der Waals surface area contributed by atoms with E-state index in [2.05, 4.69) is 11.2 Å². The number of oxime groups is 1. The number of benzene rings is 3. The van der Waals surface area contributed by atoms with Crippen molar-refractivity contribution in [2.24, 2.45) is 5.16 Å². The molecular weight excluding hydrogens is 520 g/mol. The van der Waals surface area contributed by atoms with E-state index in [9.17, 15) is 22.1 Å². The third-order valence-corrected chi connectivity index (χ3v) is 8.23. The predicted octanol–water partition coefficient (Wildman–Crippen LogP) is 5.02. The van der Waals surface area contributed by atoms with Crippen molar-refractivity contribution in [3.05, 3.63) is 107 Å². The Bertz CT molecular complexity index is 1620. The minimum Gasteiger partial charge on any atom is -0.379 e. The van der Waals surface area contributed by atoms with Gasteiger partial charge in [0, 0.05) is 4.91 Å². The highest BCUT2D eigenvalue weighted by Crippen LogP contribution is 2.34. The molecule has 36 heavy (non-hydrogen) atoms. The third-order valence-electron chi connectivity index (χ3n) is 4.87. The molecule has 0 aromatic heterocycles. The molecule has 0 aliphatic carbocycles. The van der Waals surface area contributed by atoms with Crippen LogP contribution in [0.25, 0.3) is 5.57 Å². The van der Waals surface area contributed by atoms with Gasteiger partial charge in [0.05, 0.1) is 5.57 Å². The molecule has 11 heteroatoms. The Balaban J connectivity index is 1.45. The highest BCUT2D eigenvalue weighted by molar-refractivity contribution is 8.18. The number of allylic oxidation sites excluding steroid dienone is 2. The van der Waals surface area contributed by atoms with E-state index in [1.807, 2.05) is 25.1 Å². The van der Waals surface area contributed by atoms with Gasteiger partial charge in [-0.2, -0.15) is 22.1 Å². The quantitative estimate of drug-likeness (QED) is 0.233. The molecule has 0 saturated heterocycles. The third kappa shape index (κ3) is 5.85. The molecule has 0 amide bonds. The van der Waals surface area contributed by atoms with Gasteiger partial charge < -0.3 is 4.18 Å². The van der Waals surface area contributed by atoms with Crippen molar-refractivity contribution in [1.29, 1.82) is 5.26 Å². The summed E-state index contributed by atoms with van der Waals surface area (Å²) in [5.74, 6) is -0.0603. The van der Waals surface area contributed by atoms with Crippen LogP contribution in [0.1, 0.15) is 11.1 Å². The second-order valence-electron chi connectivity index (χ2n) is 7.43. The average Bonchev–Trinajstić information content (AvgIpc) is 3.33.